The van der Waals surface area contributed by atoms with Crippen molar-refractivity contribution in [2.45, 2.75) is 38.8 Å². The van der Waals surface area contributed by atoms with Crippen LogP contribution in [0.25, 0.3) is 16.9 Å². The normalized spacial score (nSPS) is 18.1. The van der Waals surface area contributed by atoms with Crippen molar-refractivity contribution >= 4 is 35.1 Å². The largest absolute Gasteiger partial charge is 0.363 e. The van der Waals surface area contributed by atoms with Crippen LogP contribution in [0.3, 0.4) is 0 Å². The number of carbonyl (C=O) groups is 4. The zero-order valence-electron chi connectivity index (χ0n) is 20.9. The van der Waals surface area contributed by atoms with E-state index in [1.54, 1.807) is 18.2 Å². The highest BCUT2D eigenvalue weighted by Crippen LogP contribution is 2.36. The van der Waals surface area contributed by atoms with Crippen LogP contribution in [-0.4, -0.2) is 44.0 Å². The molecule has 6 rings (SSSR count). The Morgan fingerprint density at radius 3 is 2.47 bits per heavy atom. The van der Waals surface area contributed by atoms with Crippen LogP contribution in [0.4, 0.5) is 5.82 Å². The van der Waals surface area contributed by atoms with Crippen LogP contribution in [0.2, 0.25) is 0 Å². The number of piperidine rings is 1. The van der Waals surface area contributed by atoms with Crippen molar-refractivity contribution in [3.05, 3.63) is 89.1 Å². The van der Waals surface area contributed by atoms with Gasteiger partial charge in [0.1, 0.15) is 23.2 Å². The number of nitrogens with one attached hydrogen (secondary N) is 2. The molecule has 2 aromatic carbocycles. The lowest BCUT2D eigenvalue weighted by molar-refractivity contribution is -0.136. The van der Waals surface area contributed by atoms with Gasteiger partial charge in [0.05, 0.1) is 11.1 Å². The molecule has 4 heterocycles. The van der Waals surface area contributed by atoms with E-state index < -0.39 is 29.7 Å². The quantitative estimate of drug-likeness (QED) is 0.397. The van der Waals surface area contributed by atoms with Gasteiger partial charge in [-0.25, -0.2) is 4.98 Å². The first-order valence-corrected chi connectivity index (χ1v) is 12.5. The fourth-order valence-corrected chi connectivity index (χ4v) is 5.24. The van der Waals surface area contributed by atoms with Crippen molar-refractivity contribution in [3.8, 4) is 11.3 Å². The summed E-state index contributed by atoms with van der Waals surface area (Å²) in [6.45, 7) is 4.07. The molecule has 9 heteroatoms. The second-order valence-corrected chi connectivity index (χ2v) is 9.65. The van der Waals surface area contributed by atoms with Crippen LogP contribution < -0.4 is 10.6 Å². The van der Waals surface area contributed by atoms with Crippen molar-refractivity contribution in [3.63, 3.8) is 0 Å². The molecular formula is C29H25N5O4. The van der Waals surface area contributed by atoms with Crippen LogP contribution in [0.1, 0.15) is 57.8 Å². The molecule has 2 aromatic heterocycles. The third kappa shape index (κ3) is 3.75. The smallest absolute Gasteiger partial charge is 0.262 e. The van der Waals surface area contributed by atoms with Gasteiger partial charge in [-0.3, -0.25) is 33.8 Å². The maximum Gasteiger partial charge on any atom is 0.262 e. The van der Waals surface area contributed by atoms with E-state index in [4.69, 9.17) is 4.98 Å². The van der Waals surface area contributed by atoms with Gasteiger partial charge in [-0.2, -0.15) is 0 Å². The summed E-state index contributed by atoms with van der Waals surface area (Å²) in [5.41, 5.74) is 4.60. The summed E-state index contributed by atoms with van der Waals surface area (Å²) in [5, 5.41) is 5.83. The second kappa shape index (κ2) is 8.95. The van der Waals surface area contributed by atoms with Gasteiger partial charge >= 0.3 is 0 Å². The Kier molecular flexibility index (Phi) is 5.56. The zero-order valence-corrected chi connectivity index (χ0v) is 20.9. The number of benzene rings is 2. The van der Waals surface area contributed by atoms with Crippen molar-refractivity contribution in [2.75, 3.05) is 5.32 Å². The molecule has 9 nitrogen and oxygen atoms in total. The van der Waals surface area contributed by atoms with Gasteiger partial charge in [0.2, 0.25) is 11.8 Å². The van der Waals surface area contributed by atoms with Gasteiger partial charge in [-0.15, -0.1) is 0 Å². The van der Waals surface area contributed by atoms with E-state index in [1.165, 1.54) is 0 Å². The fraction of sp³-hybridized carbons (Fsp3) is 0.207. The summed E-state index contributed by atoms with van der Waals surface area (Å²) in [6, 6.07) is 19.9. The van der Waals surface area contributed by atoms with Crippen molar-refractivity contribution in [1.82, 2.24) is 19.6 Å². The van der Waals surface area contributed by atoms with Gasteiger partial charge in [0.25, 0.3) is 11.8 Å². The predicted molar refractivity (Wildman–Crippen MR) is 141 cm³/mol. The topological polar surface area (TPSA) is 113 Å². The van der Waals surface area contributed by atoms with Crippen LogP contribution in [0.5, 0.6) is 0 Å². The van der Waals surface area contributed by atoms with Crippen LogP contribution >= 0.6 is 0 Å². The van der Waals surface area contributed by atoms with E-state index in [-0.39, 0.29) is 30.0 Å². The summed E-state index contributed by atoms with van der Waals surface area (Å²) in [7, 11) is 0. The van der Waals surface area contributed by atoms with E-state index >= 15 is 0 Å². The number of rotatable bonds is 5. The van der Waals surface area contributed by atoms with Crippen molar-refractivity contribution < 1.29 is 19.2 Å². The zero-order chi connectivity index (χ0) is 26.6. The number of aryl methyl sites for hydroxylation is 1. The maximum absolute atomic E-state index is 13.4. The Balaban J connectivity index is 1.41. The van der Waals surface area contributed by atoms with Crippen LogP contribution in [0, 0.1) is 6.92 Å². The Labute approximate surface area is 218 Å². The Morgan fingerprint density at radius 1 is 0.947 bits per heavy atom. The second-order valence-electron chi connectivity index (χ2n) is 9.65. The fourth-order valence-electron chi connectivity index (χ4n) is 5.24. The highest BCUT2D eigenvalue weighted by Gasteiger charge is 2.44. The molecule has 1 fully saturated rings. The molecule has 2 aliphatic rings. The Bertz CT molecular complexity index is 1640. The minimum Gasteiger partial charge on any atom is -0.363 e. The number of anilines is 1. The molecule has 2 atom stereocenters. The number of imidazole rings is 1. The molecule has 2 unspecified atom stereocenters. The number of fused-ring (bicyclic) bond motifs is 2. The van der Waals surface area contributed by atoms with Gasteiger partial charge in [-0.1, -0.05) is 42.5 Å². The Morgan fingerprint density at radius 2 is 1.71 bits per heavy atom. The standard InChI is InChI=1S/C29H25N5O4/c1-16-7-6-10-23-31-25(26(33(16)23)30-17(2)18-8-4-3-5-9-18)19-11-12-20-21(15-19)29(38)34(28(20)37)22-13-14-24(35)32-27(22)36/h3-12,15,17,22,30H,13-14H2,1-2H3,(H,32,35,36). The molecule has 38 heavy (non-hydrogen) atoms. The lowest BCUT2D eigenvalue weighted by Gasteiger charge is -2.27. The Hall–Kier alpha value is -4.79. The highest BCUT2D eigenvalue weighted by atomic mass is 16.2. The van der Waals surface area contributed by atoms with E-state index in [2.05, 4.69) is 29.7 Å². The molecule has 0 bridgehead atoms. The maximum atomic E-state index is 13.4. The first kappa shape index (κ1) is 23.6. The minimum atomic E-state index is -1.01. The van der Waals surface area contributed by atoms with Crippen LogP contribution in [0.15, 0.2) is 66.7 Å². The summed E-state index contributed by atoms with van der Waals surface area (Å²) in [6.07, 6.45) is 0.185. The molecule has 4 amide bonds. The van der Waals surface area contributed by atoms with Gasteiger partial charge < -0.3 is 5.32 Å². The van der Waals surface area contributed by atoms with E-state index in [0.29, 0.717) is 11.3 Å². The molecule has 0 spiro atoms. The number of hydrogen-bond acceptors (Lipinski definition) is 6. The summed E-state index contributed by atoms with van der Waals surface area (Å²) in [5.74, 6) is -1.35. The third-order valence-corrected chi connectivity index (χ3v) is 7.20. The molecule has 0 saturated carbocycles. The summed E-state index contributed by atoms with van der Waals surface area (Å²) < 4.78 is 2.03. The predicted octanol–water partition coefficient (Wildman–Crippen LogP) is 3.88. The number of imide groups is 2. The highest BCUT2D eigenvalue weighted by molar-refractivity contribution is 6.23. The van der Waals surface area contributed by atoms with Gasteiger partial charge in [0, 0.05) is 23.7 Å². The average Bonchev–Trinajstić information content (AvgIpc) is 3.40. The molecule has 2 N–H and O–H groups in total. The summed E-state index contributed by atoms with van der Waals surface area (Å²) >= 11 is 0. The third-order valence-electron chi connectivity index (χ3n) is 7.20. The number of nitrogens with zero attached hydrogens (tertiary/aromatic N) is 3. The number of aromatic nitrogens is 2. The SMILES string of the molecule is Cc1cccc2nc(-c3ccc4c(c3)C(=O)N(C3CCC(=O)NC3=O)C4=O)c(NC(C)c3ccccc3)n12. The molecule has 190 valence electrons. The molecule has 4 aromatic rings. The lowest BCUT2D eigenvalue weighted by atomic mass is 10.0. The molecular weight excluding hydrogens is 482 g/mol. The number of pyridine rings is 1. The lowest BCUT2D eigenvalue weighted by Crippen LogP contribution is -2.54. The summed E-state index contributed by atoms with van der Waals surface area (Å²) in [4.78, 5) is 56.4. The number of carbonyl (C=O) groups excluding carboxylic acids is 4. The number of hydrogen-bond donors (Lipinski definition) is 2. The monoisotopic (exact) mass is 507 g/mol. The first-order valence-electron chi connectivity index (χ1n) is 12.5. The van der Waals surface area contributed by atoms with Gasteiger partial charge in [0.15, 0.2) is 0 Å². The van der Waals surface area contributed by atoms with Gasteiger partial charge in [-0.05, 0) is 50.1 Å². The van der Waals surface area contributed by atoms with Crippen molar-refractivity contribution in [2.24, 2.45) is 0 Å². The van der Waals surface area contributed by atoms with E-state index in [9.17, 15) is 19.2 Å². The average molecular weight is 508 g/mol. The van der Waals surface area contributed by atoms with E-state index in [0.717, 1.165) is 27.6 Å². The van der Waals surface area contributed by atoms with E-state index in [1.807, 2.05) is 47.7 Å². The van der Waals surface area contributed by atoms with Crippen molar-refractivity contribution in [1.29, 1.82) is 0 Å². The van der Waals surface area contributed by atoms with Crippen LogP contribution in [-0.2, 0) is 9.59 Å². The number of amides is 4. The minimum absolute atomic E-state index is 0.0323. The molecule has 0 aliphatic carbocycles. The first-order chi connectivity index (χ1) is 18.3. The molecule has 0 radical (unpaired) electrons. The molecule has 1 saturated heterocycles. The molecule has 2 aliphatic heterocycles.